The topological polar surface area (TPSA) is 347 Å². The molecule has 9 atom stereocenters. The van der Waals surface area contributed by atoms with E-state index in [0.717, 1.165) is 10.9 Å². The molecule has 0 aliphatic carbocycles. The van der Waals surface area contributed by atoms with Crippen LogP contribution in [0.5, 0.6) is 0 Å². The van der Waals surface area contributed by atoms with Gasteiger partial charge in [0.2, 0.25) is 0 Å². The molecule has 1 amide bonds. The zero-order valence-electron chi connectivity index (χ0n) is 33.3. The van der Waals surface area contributed by atoms with Gasteiger partial charge in [0.25, 0.3) is 0 Å². The minimum absolute atomic E-state index is 0.0141. The van der Waals surface area contributed by atoms with Crippen molar-refractivity contribution in [1.82, 2.24) is 34.4 Å². The summed E-state index contributed by atoms with van der Waals surface area (Å²) in [7, 11) is -7.06. The normalized spacial score (nSPS) is 25.2. The fraction of sp³-hybridized carbons (Fsp3) is 0.656. The van der Waals surface area contributed by atoms with Crippen LogP contribution in [0.3, 0.4) is 0 Å². The van der Waals surface area contributed by atoms with Gasteiger partial charge in [-0.05, 0) is 33.3 Å². The minimum Gasteiger partial charge on any atom is -0.455 e. The van der Waals surface area contributed by atoms with Crippen molar-refractivity contribution in [3.63, 3.8) is 0 Å². The van der Waals surface area contributed by atoms with Crippen molar-refractivity contribution in [3.05, 3.63) is 35.4 Å². The molecule has 2 saturated heterocycles. The number of aliphatic hydroxyl groups is 1. The molecule has 3 aromatic heterocycles. The van der Waals surface area contributed by atoms with Crippen molar-refractivity contribution in [2.45, 2.75) is 113 Å². The summed E-state index contributed by atoms with van der Waals surface area (Å²) in [6.07, 6.45) is -6.65. The number of phosphoric acid groups is 1. The average molecular weight is 926 g/mol. The number of alkyl carbamates (subject to hydrolysis) is 1. The van der Waals surface area contributed by atoms with Gasteiger partial charge in [0.15, 0.2) is 23.8 Å². The second kappa shape index (κ2) is 18.9. The summed E-state index contributed by atoms with van der Waals surface area (Å²) in [6, 6.07) is -0.0180. The molecule has 28 heteroatoms. The number of carbonyl (C=O) groups is 2. The molecule has 0 bridgehead atoms. The summed E-state index contributed by atoms with van der Waals surface area (Å²) in [6.45, 7) is 9.24. The summed E-state index contributed by atoms with van der Waals surface area (Å²) in [5.74, 6) is -0.720. The van der Waals surface area contributed by atoms with Crippen molar-refractivity contribution in [3.8, 4) is 0 Å². The first-order chi connectivity index (χ1) is 27.8. The third kappa shape index (κ3) is 12.6. The lowest BCUT2D eigenvalue weighted by Gasteiger charge is -2.27. The number of nitrogens with zero attached hydrogens (tertiary/aromatic N) is 6. The van der Waals surface area contributed by atoms with Crippen LogP contribution in [-0.4, -0.2) is 126 Å². The quantitative estimate of drug-likeness (QED) is 0.0466. The smallest absolute Gasteiger partial charge is 0.455 e. The number of phosphoric ester groups is 1. The Hall–Kier alpha value is -3.39. The number of aromatic nitrogens is 6. The Bertz CT molecular complexity index is 2160. The van der Waals surface area contributed by atoms with Gasteiger partial charge in [-0.15, -0.1) is 0 Å². The Balaban J connectivity index is 1.42. The van der Waals surface area contributed by atoms with Crippen LogP contribution in [0, 0.1) is 0 Å². The number of hydrogen-bond donors (Lipinski definition) is 7. The number of anilines is 2. The lowest BCUT2D eigenvalue weighted by molar-refractivity contribution is -0.159. The van der Waals surface area contributed by atoms with Gasteiger partial charge in [0, 0.05) is 23.1 Å². The fourth-order valence-corrected chi connectivity index (χ4v) is 10.3. The van der Waals surface area contributed by atoms with Gasteiger partial charge in [0.1, 0.15) is 47.7 Å². The molecule has 3 aromatic rings. The molecule has 2 aliphatic rings. The molecule has 60 heavy (non-hydrogen) atoms. The van der Waals surface area contributed by atoms with Crippen molar-refractivity contribution >= 4 is 71.9 Å². The van der Waals surface area contributed by atoms with E-state index in [4.69, 9.17) is 34.9 Å². The molecule has 0 spiro atoms. The third-order valence-corrected chi connectivity index (χ3v) is 14.4. The van der Waals surface area contributed by atoms with Crippen molar-refractivity contribution in [2.75, 3.05) is 30.4 Å². The second-order valence-electron chi connectivity index (χ2n) is 15.7. The predicted octanol–water partition coefficient (Wildman–Crippen LogP) is 1.85. The van der Waals surface area contributed by atoms with Gasteiger partial charge in [-0.2, -0.15) is 4.98 Å². The zero-order valence-corrected chi connectivity index (χ0v) is 36.7. The molecule has 334 valence electrons. The Morgan fingerprint density at radius 2 is 1.73 bits per heavy atom. The highest BCUT2D eigenvalue weighted by atomic mass is 33.1. The number of hydrogen-bond acceptors (Lipinski definition) is 20. The molecular weight excluding hydrogens is 876 g/mol. The van der Waals surface area contributed by atoms with Crippen LogP contribution in [-0.2, 0) is 41.9 Å². The fourth-order valence-electron chi connectivity index (χ4n) is 6.06. The Labute approximate surface area is 351 Å². The zero-order chi connectivity index (χ0) is 44.4. The highest BCUT2D eigenvalue weighted by Crippen LogP contribution is 2.56. The second-order valence-corrected chi connectivity index (χ2v) is 22.2. The van der Waals surface area contributed by atoms with Crippen molar-refractivity contribution < 1.29 is 66.5 Å². The number of carbonyl (C=O) groups excluding carboxylic acids is 2. The lowest BCUT2D eigenvalue weighted by Crippen LogP contribution is -2.48. The van der Waals surface area contributed by atoms with Gasteiger partial charge in [-0.1, -0.05) is 42.4 Å². The largest absolute Gasteiger partial charge is 0.469 e. The number of rotatable bonds is 16. The maximum Gasteiger partial charge on any atom is 0.469 e. The van der Waals surface area contributed by atoms with Crippen LogP contribution >= 0.6 is 37.0 Å². The van der Waals surface area contributed by atoms with Gasteiger partial charge < -0.3 is 60.0 Å². The summed E-state index contributed by atoms with van der Waals surface area (Å²) in [5, 5.41) is 14.3. The number of aliphatic hydroxyl groups excluding tert-OH is 1. The van der Waals surface area contributed by atoms with Crippen LogP contribution in [0.4, 0.5) is 16.4 Å². The van der Waals surface area contributed by atoms with E-state index >= 15 is 0 Å². The number of nitrogens with one attached hydrogen (secondary N) is 1. The van der Waals surface area contributed by atoms with E-state index in [0.29, 0.717) is 5.75 Å². The molecule has 24 nitrogen and oxygen atoms in total. The number of fused-ring (bicyclic) bond motifs is 1. The van der Waals surface area contributed by atoms with Crippen LogP contribution in [0.25, 0.3) is 11.2 Å². The van der Waals surface area contributed by atoms with E-state index in [1.54, 1.807) is 31.6 Å². The van der Waals surface area contributed by atoms with E-state index in [9.17, 15) is 43.3 Å². The highest BCUT2D eigenvalue weighted by Gasteiger charge is 2.52. The SMILES string of the molecule is CC(C)(C)OC(=O)N[C@@H](CCSSC(C)(C)C)C(=O)O[C@H]1[C@@H](O)[C@H](n2cnc3c(N)ncnc32)O[C@@H]1COP(=O)(O)[C@H]1C[C@H](n2ccc(N)nc2=O)O[C@@H]1COP(=O)(O)O. The first kappa shape index (κ1) is 47.7. The number of ether oxygens (including phenoxy) is 4. The lowest BCUT2D eigenvalue weighted by atomic mass is 10.1. The van der Waals surface area contributed by atoms with Gasteiger partial charge >= 0.3 is 33.2 Å². The Kier molecular flexibility index (Phi) is 15.0. The minimum atomic E-state index is -5.11. The molecule has 0 saturated carbocycles. The Morgan fingerprint density at radius 3 is 2.38 bits per heavy atom. The number of esters is 1. The third-order valence-electron chi connectivity index (χ3n) is 8.61. The molecule has 9 N–H and O–H groups in total. The molecule has 5 heterocycles. The number of nitrogens with two attached hydrogens (primary N) is 2. The van der Waals surface area contributed by atoms with Crippen LogP contribution in [0.15, 0.2) is 29.7 Å². The summed E-state index contributed by atoms with van der Waals surface area (Å²) >= 11 is 0. The maximum atomic E-state index is 14.1. The van der Waals surface area contributed by atoms with Gasteiger partial charge in [-0.3, -0.25) is 18.2 Å². The van der Waals surface area contributed by atoms with Gasteiger partial charge in [-0.25, -0.2) is 33.9 Å². The first-order valence-corrected chi connectivity index (χ1v) is 23.8. The predicted molar refractivity (Wildman–Crippen MR) is 216 cm³/mol. The van der Waals surface area contributed by atoms with Crippen molar-refractivity contribution in [2.24, 2.45) is 0 Å². The number of imidazole rings is 1. The highest BCUT2D eigenvalue weighted by molar-refractivity contribution is 8.77. The molecule has 2 fully saturated rings. The van der Waals surface area contributed by atoms with Crippen LogP contribution in [0.1, 0.15) is 66.8 Å². The standard InChI is InChI=1S/C32H49N9O15P2S2/c1-31(2,3)56-30(45)38-16(8-10-59-60-32(4,5)6)28(43)55-24-18(54-27(23(24)42)41-15-37-22-25(34)35-14-36-26(22)41)13-51-57(46,47)19-11-21(40-9-7-20(33)39-29(40)44)53-17(19)12-52-58(48,49)50/h7,9,14-19,21,23-24,27,42H,8,10-13H2,1-6H3,(H,38,45)(H,46,47)(H2,33,39,44)(H2,34,35,36)(H2,48,49,50)/t16-,17+,18+,19-,21+,23+,24+,27+/m0/s1. The average Bonchev–Trinajstić information content (AvgIpc) is 3.83. The molecule has 0 radical (unpaired) electrons. The molecule has 5 rings (SSSR count). The summed E-state index contributed by atoms with van der Waals surface area (Å²) < 4.78 is 61.1. The number of nitrogen functional groups attached to an aromatic ring is 2. The molecule has 1 unspecified atom stereocenters. The van der Waals surface area contributed by atoms with E-state index in [1.165, 1.54) is 34.0 Å². The van der Waals surface area contributed by atoms with Crippen molar-refractivity contribution in [1.29, 1.82) is 0 Å². The maximum absolute atomic E-state index is 14.1. The van der Waals surface area contributed by atoms with Crippen LogP contribution in [0.2, 0.25) is 0 Å². The summed E-state index contributed by atoms with van der Waals surface area (Å²) in [4.78, 5) is 85.5. The van der Waals surface area contributed by atoms with Gasteiger partial charge in [0.05, 0.1) is 31.3 Å². The van der Waals surface area contributed by atoms with E-state index in [1.807, 2.05) is 20.8 Å². The monoisotopic (exact) mass is 925 g/mol. The van der Waals surface area contributed by atoms with Crippen LogP contribution < -0.4 is 22.5 Å². The molecular formula is C32H49N9O15P2S2. The Morgan fingerprint density at radius 1 is 1.03 bits per heavy atom. The summed E-state index contributed by atoms with van der Waals surface area (Å²) in [5.41, 5.74) is 8.48. The van der Waals surface area contributed by atoms with E-state index in [-0.39, 0.29) is 34.0 Å². The molecule has 2 aliphatic heterocycles. The number of amides is 1. The van der Waals surface area contributed by atoms with E-state index < -0.39 is 107 Å². The first-order valence-electron chi connectivity index (χ1n) is 18.3. The van der Waals surface area contributed by atoms with E-state index in [2.05, 4.69) is 29.8 Å². The molecule has 0 aromatic carbocycles.